The standard InChI is InChI=1S/C7H10Cl2N4/c1-3-4(2)10-6-5(8)12-13-7(9)11-6/h4H,3H2,1-2H3,(H,10,11,13). The molecular formula is C7H10Cl2N4. The number of anilines is 1. The van der Waals surface area contributed by atoms with Gasteiger partial charge in [-0.2, -0.15) is 4.98 Å². The smallest absolute Gasteiger partial charge is 0.245 e. The van der Waals surface area contributed by atoms with E-state index in [0.717, 1.165) is 6.42 Å². The van der Waals surface area contributed by atoms with Crippen molar-refractivity contribution in [3.8, 4) is 0 Å². The Labute approximate surface area is 86.7 Å². The summed E-state index contributed by atoms with van der Waals surface area (Å²) in [4.78, 5) is 3.91. The summed E-state index contributed by atoms with van der Waals surface area (Å²) in [5.41, 5.74) is 0. The van der Waals surface area contributed by atoms with Gasteiger partial charge in [0.2, 0.25) is 5.28 Å². The Hall–Kier alpha value is -0.610. The first-order valence-electron chi connectivity index (χ1n) is 3.95. The summed E-state index contributed by atoms with van der Waals surface area (Å²) in [6.07, 6.45) is 0.970. The lowest BCUT2D eigenvalue weighted by Gasteiger charge is -2.11. The second-order valence-electron chi connectivity index (χ2n) is 2.67. The van der Waals surface area contributed by atoms with Crippen LogP contribution in [-0.4, -0.2) is 21.2 Å². The van der Waals surface area contributed by atoms with E-state index in [2.05, 4.69) is 27.4 Å². The molecule has 0 aliphatic rings. The lowest BCUT2D eigenvalue weighted by atomic mass is 10.3. The molecule has 0 aromatic carbocycles. The molecule has 0 radical (unpaired) electrons. The van der Waals surface area contributed by atoms with E-state index >= 15 is 0 Å². The van der Waals surface area contributed by atoms with Crippen molar-refractivity contribution in [1.82, 2.24) is 15.2 Å². The van der Waals surface area contributed by atoms with Gasteiger partial charge in [0.15, 0.2) is 11.0 Å². The molecule has 1 unspecified atom stereocenters. The lowest BCUT2D eigenvalue weighted by Crippen LogP contribution is -2.15. The van der Waals surface area contributed by atoms with Crippen LogP contribution >= 0.6 is 23.2 Å². The molecule has 6 heteroatoms. The zero-order valence-electron chi connectivity index (χ0n) is 7.38. The van der Waals surface area contributed by atoms with Gasteiger partial charge in [-0.3, -0.25) is 0 Å². The maximum Gasteiger partial charge on any atom is 0.245 e. The molecule has 13 heavy (non-hydrogen) atoms. The molecule has 1 N–H and O–H groups in total. The molecule has 0 saturated heterocycles. The van der Waals surface area contributed by atoms with E-state index in [1.54, 1.807) is 0 Å². The Morgan fingerprint density at radius 3 is 2.69 bits per heavy atom. The minimum atomic E-state index is 0.0928. The zero-order chi connectivity index (χ0) is 9.84. The van der Waals surface area contributed by atoms with Crippen molar-refractivity contribution < 1.29 is 0 Å². The van der Waals surface area contributed by atoms with E-state index in [-0.39, 0.29) is 16.5 Å². The van der Waals surface area contributed by atoms with E-state index in [1.165, 1.54) is 0 Å². The highest BCUT2D eigenvalue weighted by Gasteiger charge is 2.07. The fraction of sp³-hybridized carbons (Fsp3) is 0.571. The van der Waals surface area contributed by atoms with Crippen LogP contribution in [0.5, 0.6) is 0 Å². The molecule has 4 nitrogen and oxygen atoms in total. The van der Waals surface area contributed by atoms with E-state index < -0.39 is 0 Å². The number of hydrogen-bond donors (Lipinski definition) is 1. The Bertz CT molecular complexity index is 292. The Balaban J connectivity index is 2.81. The van der Waals surface area contributed by atoms with Crippen molar-refractivity contribution in [3.05, 3.63) is 10.4 Å². The summed E-state index contributed by atoms with van der Waals surface area (Å²) in [6.45, 7) is 4.08. The number of nitrogens with zero attached hydrogens (tertiary/aromatic N) is 3. The summed E-state index contributed by atoms with van der Waals surface area (Å²) in [5, 5.41) is 10.5. The van der Waals surface area contributed by atoms with Crippen LogP contribution in [0, 0.1) is 0 Å². The molecule has 1 rings (SSSR count). The van der Waals surface area contributed by atoms with Gasteiger partial charge < -0.3 is 5.32 Å². The molecule has 1 atom stereocenters. The maximum absolute atomic E-state index is 5.74. The predicted molar refractivity (Wildman–Crippen MR) is 53.2 cm³/mol. The monoisotopic (exact) mass is 220 g/mol. The van der Waals surface area contributed by atoms with Gasteiger partial charge in [-0.05, 0) is 24.9 Å². The van der Waals surface area contributed by atoms with Crippen molar-refractivity contribution >= 4 is 29.0 Å². The van der Waals surface area contributed by atoms with E-state index in [9.17, 15) is 0 Å². The van der Waals surface area contributed by atoms with E-state index in [1.807, 2.05) is 6.92 Å². The van der Waals surface area contributed by atoms with Crippen LogP contribution in [0.3, 0.4) is 0 Å². The van der Waals surface area contributed by atoms with Gasteiger partial charge in [-0.1, -0.05) is 18.5 Å². The van der Waals surface area contributed by atoms with Gasteiger partial charge in [0.05, 0.1) is 0 Å². The molecule has 0 aliphatic heterocycles. The molecule has 0 amide bonds. The first kappa shape index (κ1) is 10.5. The molecule has 1 aromatic rings. The van der Waals surface area contributed by atoms with Crippen LogP contribution in [0.2, 0.25) is 10.4 Å². The molecule has 72 valence electrons. The van der Waals surface area contributed by atoms with Gasteiger partial charge in [-0.15, -0.1) is 10.2 Å². The topological polar surface area (TPSA) is 50.7 Å². The summed E-state index contributed by atoms with van der Waals surface area (Å²) < 4.78 is 0. The SMILES string of the molecule is CCC(C)Nc1nc(Cl)nnc1Cl. The summed E-state index contributed by atoms with van der Waals surface area (Å²) in [5.74, 6) is 0.482. The Kier molecular flexibility index (Phi) is 3.69. The fourth-order valence-electron chi connectivity index (χ4n) is 0.721. The quantitative estimate of drug-likeness (QED) is 0.851. The molecule has 0 saturated carbocycles. The molecule has 1 aromatic heterocycles. The molecular weight excluding hydrogens is 211 g/mol. The number of aromatic nitrogens is 3. The van der Waals surface area contributed by atoms with Crippen molar-refractivity contribution in [2.45, 2.75) is 26.3 Å². The second kappa shape index (κ2) is 4.58. The molecule has 0 spiro atoms. The van der Waals surface area contributed by atoms with Crippen LogP contribution in [0.1, 0.15) is 20.3 Å². The van der Waals surface area contributed by atoms with Gasteiger partial charge in [0.25, 0.3) is 0 Å². The van der Waals surface area contributed by atoms with Crippen LogP contribution in [-0.2, 0) is 0 Å². The minimum Gasteiger partial charge on any atom is -0.365 e. The average molecular weight is 221 g/mol. The number of nitrogens with one attached hydrogen (secondary N) is 1. The number of hydrogen-bond acceptors (Lipinski definition) is 4. The summed E-state index contributed by atoms with van der Waals surface area (Å²) in [6, 6.07) is 0.283. The van der Waals surface area contributed by atoms with Crippen LogP contribution in [0.25, 0.3) is 0 Å². The van der Waals surface area contributed by atoms with E-state index in [4.69, 9.17) is 23.2 Å². The number of halogens is 2. The van der Waals surface area contributed by atoms with Gasteiger partial charge in [-0.25, -0.2) is 0 Å². The van der Waals surface area contributed by atoms with Gasteiger partial charge >= 0.3 is 0 Å². The minimum absolute atomic E-state index is 0.0928. The van der Waals surface area contributed by atoms with Crippen molar-refractivity contribution in [2.24, 2.45) is 0 Å². The Morgan fingerprint density at radius 2 is 2.08 bits per heavy atom. The first-order chi connectivity index (χ1) is 6.13. The van der Waals surface area contributed by atoms with Gasteiger partial charge in [0.1, 0.15) is 0 Å². The van der Waals surface area contributed by atoms with Crippen LogP contribution in [0.15, 0.2) is 0 Å². The first-order valence-corrected chi connectivity index (χ1v) is 4.71. The molecule has 0 aliphatic carbocycles. The second-order valence-corrected chi connectivity index (χ2v) is 3.37. The molecule has 0 fully saturated rings. The third kappa shape index (κ3) is 2.97. The van der Waals surface area contributed by atoms with Crippen molar-refractivity contribution in [1.29, 1.82) is 0 Å². The summed E-state index contributed by atoms with van der Waals surface area (Å²) in [7, 11) is 0. The van der Waals surface area contributed by atoms with Crippen LogP contribution in [0.4, 0.5) is 5.82 Å². The van der Waals surface area contributed by atoms with Crippen LogP contribution < -0.4 is 5.32 Å². The Morgan fingerprint density at radius 1 is 1.38 bits per heavy atom. The summed E-state index contributed by atoms with van der Waals surface area (Å²) >= 11 is 11.3. The lowest BCUT2D eigenvalue weighted by molar-refractivity contribution is 0.755. The molecule has 1 heterocycles. The number of rotatable bonds is 3. The third-order valence-corrected chi connectivity index (χ3v) is 2.03. The highest BCUT2D eigenvalue weighted by atomic mass is 35.5. The predicted octanol–water partition coefficient (Wildman–Crippen LogP) is 2.39. The highest BCUT2D eigenvalue weighted by molar-refractivity contribution is 6.32. The average Bonchev–Trinajstić information content (AvgIpc) is 2.11. The zero-order valence-corrected chi connectivity index (χ0v) is 8.89. The maximum atomic E-state index is 5.74. The van der Waals surface area contributed by atoms with E-state index in [0.29, 0.717) is 5.82 Å². The van der Waals surface area contributed by atoms with Crippen molar-refractivity contribution in [3.63, 3.8) is 0 Å². The normalized spacial score (nSPS) is 12.6. The third-order valence-electron chi connectivity index (χ3n) is 1.62. The largest absolute Gasteiger partial charge is 0.365 e. The van der Waals surface area contributed by atoms with Gasteiger partial charge in [0, 0.05) is 6.04 Å². The van der Waals surface area contributed by atoms with Crippen molar-refractivity contribution in [2.75, 3.05) is 5.32 Å². The fourth-order valence-corrected chi connectivity index (χ4v) is 0.977. The highest BCUT2D eigenvalue weighted by Crippen LogP contribution is 2.17. The molecule has 0 bridgehead atoms.